The van der Waals surface area contributed by atoms with Gasteiger partial charge in [-0.15, -0.1) is 0 Å². The molecule has 0 bridgehead atoms. The molecule has 0 fully saturated rings. The van der Waals surface area contributed by atoms with Crippen molar-refractivity contribution in [3.8, 4) is 0 Å². The van der Waals surface area contributed by atoms with Crippen molar-refractivity contribution in [1.82, 2.24) is 9.55 Å². The molecular formula is C16H24N2O2. The summed E-state index contributed by atoms with van der Waals surface area (Å²) >= 11 is 0. The highest BCUT2D eigenvalue weighted by Gasteiger charge is 2.12. The van der Waals surface area contributed by atoms with E-state index >= 15 is 0 Å². The first-order valence-corrected chi connectivity index (χ1v) is 7.47. The maximum absolute atomic E-state index is 5.61. The zero-order valence-corrected chi connectivity index (χ0v) is 12.6. The van der Waals surface area contributed by atoms with Crippen LogP contribution < -0.4 is 0 Å². The van der Waals surface area contributed by atoms with E-state index in [1.54, 1.807) is 0 Å². The molecule has 1 aromatic heterocycles. The monoisotopic (exact) mass is 276 g/mol. The lowest BCUT2D eigenvalue weighted by molar-refractivity contribution is -0.140. The van der Waals surface area contributed by atoms with Crippen LogP contribution in [0.5, 0.6) is 0 Å². The number of hydrogen-bond donors (Lipinski definition) is 0. The Morgan fingerprint density at radius 2 is 1.80 bits per heavy atom. The molecule has 4 nitrogen and oxygen atoms in total. The fourth-order valence-corrected chi connectivity index (χ4v) is 2.47. The summed E-state index contributed by atoms with van der Waals surface area (Å²) in [6, 6.07) is 8.27. The first kappa shape index (κ1) is 15.0. The minimum Gasteiger partial charge on any atom is -0.353 e. The summed E-state index contributed by atoms with van der Waals surface area (Å²) < 4.78 is 13.5. The number of aromatic nitrogens is 2. The number of para-hydroxylation sites is 2. The Labute approximate surface area is 120 Å². The maximum atomic E-state index is 5.61. The summed E-state index contributed by atoms with van der Waals surface area (Å²) in [5, 5.41) is 0. The Kier molecular flexibility index (Phi) is 5.56. The standard InChI is InChI=1S/C16H24N2O2/c1-4-15-17-13-9-7-8-10-14(13)18(15)12-11-16(19-5-2)20-6-3/h7-10,16H,4-6,11-12H2,1-3H3. The SMILES string of the molecule is CCOC(CCn1c(CC)nc2ccccc21)OCC. The summed E-state index contributed by atoms with van der Waals surface area (Å²) in [6.07, 6.45) is 1.65. The van der Waals surface area contributed by atoms with Crippen LogP contribution in [0.1, 0.15) is 33.0 Å². The molecule has 0 saturated carbocycles. The number of hydrogen-bond acceptors (Lipinski definition) is 3. The molecule has 0 radical (unpaired) electrons. The van der Waals surface area contributed by atoms with Crippen molar-refractivity contribution < 1.29 is 9.47 Å². The van der Waals surface area contributed by atoms with Crippen molar-refractivity contribution in [2.75, 3.05) is 13.2 Å². The van der Waals surface area contributed by atoms with Gasteiger partial charge in [0.15, 0.2) is 6.29 Å². The predicted molar refractivity (Wildman–Crippen MR) is 80.8 cm³/mol. The summed E-state index contributed by atoms with van der Waals surface area (Å²) in [4.78, 5) is 4.68. The van der Waals surface area contributed by atoms with Gasteiger partial charge in [0.05, 0.1) is 11.0 Å². The molecule has 0 aliphatic rings. The Morgan fingerprint density at radius 1 is 1.10 bits per heavy atom. The van der Waals surface area contributed by atoms with E-state index in [2.05, 4.69) is 34.7 Å². The van der Waals surface area contributed by atoms with Crippen LogP contribution in [0.3, 0.4) is 0 Å². The van der Waals surface area contributed by atoms with Gasteiger partial charge in [-0.3, -0.25) is 0 Å². The molecule has 20 heavy (non-hydrogen) atoms. The van der Waals surface area contributed by atoms with Gasteiger partial charge in [0.25, 0.3) is 0 Å². The average molecular weight is 276 g/mol. The normalized spacial score (nSPS) is 11.6. The smallest absolute Gasteiger partial charge is 0.159 e. The topological polar surface area (TPSA) is 36.3 Å². The first-order valence-electron chi connectivity index (χ1n) is 7.47. The molecule has 4 heteroatoms. The first-order chi connectivity index (χ1) is 9.80. The van der Waals surface area contributed by atoms with Gasteiger partial charge in [0.1, 0.15) is 5.82 Å². The number of nitrogens with zero attached hydrogens (tertiary/aromatic N) is 2. The minimum absolute atomic E-state index is 0.129. The second-order valence-corrected chi connectivity index (χ2v) is 4.65. The van der Waals surface area contributed by atoms with Crippen molar-refractivity contribution in [3.05, 3.63) is 30.1 Å². The molecule has 0 saturated heterocycles. The van der Waals surface area contributed by atoms with Gasteiger partial charge in [0.2, 0.25) is 0 Å². The van der Waals surface area contributed by atoms with Crippen molar-refractivity contribution >= 4 is 11.0 Å². The lowest BCUT2D eigenvalue weighted by Crippen LogP contribution is -2.20. The van der Waals surface area contributed by atoms with E-state index in [1.807, 2.05) is 19.9 Å². The molecule has 0 atom stereocenters. The third kappa shape index (κ3) is 3.38. The van der Waals surface area contributed by atoms with Gasteiger partial charge >= 0.3 is 0 Å². The van der Waals surface area contributed by atoms with E-state index in [-0.39, 0.29) is 6.29 Å². The van der Waals surface area contributed by atoms with Crippen LogP contribution in [0.15, 0.2) is 24.3 Å². The quantitative estimate of drug-likeness (QED) is 0.693. The highest BCUT2D eigenvalue weighted by atomic mass is 16.7. The van der Waals surface area contributed by atoms with Crippen LogP contribution in [0, 0.1) is 0 Å². The molecule has 2 rings (SSSR count). The number of fused-ring (bicyclic) bond motifs is 1. The molecular weight excluding hydrogens is 252 g/mol. The van der Waals surface area contributed by atoms with Gasteiger partial charge in [-0.1, -0.05) is 19.1 Å². The van der Waals surface area contributed by atoms with E-state index in [1.165, 1.54) is 5.52 Å². The van der Waals surface area contributed by atoms with Crippen LogP contribution in [0.4, 0.5) is 0 Å². The molecule has 1 aromatic carbocycles. The van der Waals surface area contributed by atoms with Crippen LogP contribution >= 0.6 is 0 Å². The molecule has 0 amide bonds. The fraction of sp³-hybridized carbons (Fsp3) is 0.562. The Hall–Kier alpha value is -1.39. The Bertz CT molecular complexity index is 530. The van der Waals surface area contributed by atoms with Gasteiger partial charge in [-0.05, 0) is 26.0 Å². The van der Waals surface area contributed by atoms with E-state index in [4.69, 9.17) is 9.47 Å². The van der Waals surface area contributed by atoms with E-state index in [9.17, 15) is 0 Å². The molecule has 2 aromatic rings. The summed E-state index contributed by atoms with van der Waals surface area (Å²) in [6.45, 7) is 8.35. The lowest BCUT2D eigenvalue weighted by atomic mass is 10.3. The highest BCUT2D eigenvalue weighted by molar-refractivity contribution is 5.75. The second kappa shape index (κ2) is 7.41. The molecule has 0 spiro atoms. The van der Waals surface area contributed by atoms with E-state index < -0.39 is 0 Å². The molecule has 0 N–H and O–H groups in total. The lowest BCUT2D eigenvalue weighted by Gasteiger charge is -2.18. The Morgan fingerprint density at radius 3 is 2.45 bits per heavy atom. The van der Waals surface area contributed by atoms with Crippen molar-refractivity contribution in [2.24, 2.45) is 0 Å². The summed E-state index contributed by atoms with van der Waals surface area (Å²) in [5.41, 5.74) is 2.25. The number of ether oxygens (including phenoxy) is 2. The Balaban J connectivity index is 2.15. The van der Waals surface area contributed by atoms with Gasteiger partial charge in [-0.25, -0.2) is 4.98 Å². The van der Waals surface area contributed by atoms with Crippen LogP contribution in [0.2, 0.25) is 0 Å². The van der Waals surface area contributed by atoms with Crippen molar-refractivity contribution in [2.45, 2.75) is 46.4 Å². The molecule has 0 unspecified atom stereocenters. The van der Waals surface area contributed by atoms with E-state index in [0.717, 1.165) is 30.7 Å². The number of imidazole rings is 1. The summed E-state index contributed by atoms with van der Waals surface area (Å²) in [7, 11) is 0. The van der Waals surface area contributed by atoms with E-state index in [0.29, 0.717) is 13.2 Å². The van der Waals surface area contributed by atoms with Crippen LogP contribution in [-0.4, -0.2) is 29.1 Å². The summed E-state index contributed by atoms with van der Waals surface area (Å²) in [5.74, 6) is 1.12. The zero-order valence-electron chi connectivity index (χ0n) is 12.6. The van der Waals surface area contributed by atoms with Gasteiger partial charge < -0.3 is 14.0 Å². The molecule has 0 aliphatic carbocycles. The number of aryl methyl sites for hydroxylation is 2. The van der Waals surface area contributed by atoms with Crippen molar-refractivity contribution in [3.63, 3.8) is 0 Å². The van der Waals surface area contributed by atoms with Crippen LogP contribution in [-0.2, 0) is 22.4 Å². The third-order valence-corrected chi connectivity index (χ3v) is 3.34. The molecule has 1 heterocycles. The maximum Gasteiger partial charge on any atom is 0.159 e. The fourth-order valence-electron chi connectivity index (χ4n) is 2.47. The predicted octanol–water partition coefficient (Wildman–Crippen LogP) is 3.39. The second-order valence-electron chi connectivity index (χ2n) is 4.65. The highest BCUT2D eigenvalue weighted by Crippen LogP contribution is 2.18. The molecule has 110 valence electrons. The van der Waals surface area contributed by atoms with Gasteiger partial charge in [-0.2, -0.15) is 0 Å². The third-order valence-electron chi connectivity index (χ3n) is 3.34. The number of benzene rings is 1. The largest absolute Gasteiger partial charge is 0.353 e. The minimum atomic E-state index is -0.129. The van der Waals surface area contributed by atoms with Crippen molar-refractivity contribution in [1.29, 1.82) is 0 Å². The number of rotatable bonds is 8. The zero-order chi connectivity index (χ0) is 14.4. The average Bonchev–Trinajstić information content (AvgIpc) is 2.83. The van der Waals surface area contributed by atoms with Crippen LogP contribution in [0.25, 0.3) is 11.0 Å². The molecule has 0 aliphatic heterocycles. The van der Waals surface area contributed by atoms with Gasteiger partial charge in [0, 0.05) is 32.6 Å².